The summed E-state index contributed by atoms with van der Waals surface area (Å²) < 4.78 is 19.3. The Kier molecular flexibility index (Phi) is 5.00. The van der Waals surface area contributed by atoms with Crippen molar-refractivity contribution in [2.45, 2.75) is 6.61 Å². The highest BCUT2D eigenvalue weighted by Crippen LogP contribution is 2.20. The second-order valence-corrected chi connectivity index (χ2v) is 4.46. The highest BCUT2D eigenvalue weighted by molar-refractivity contribution is 6.30. The van der Waals surface area contributed by atoms with E-state index >= 15 is 0 Å². The first-order valence-corrected chi connectivity index (χ1v) is 6.43. The summed E-state index contributed by atoms with van der Waals surface area (Å²) >= 11 is 5.71. The molecule has 2 N–H and O–H groups in total. The molecule has 0 fully saturated rings. The van der Waals surface area contributed by atoms with Crippen LogP contribution in [-0.2, 0) is 6.61 Å². The molecule has 102 valence electrons. The predicted molar refractivity (Wildman–Crippen MR) is 78.1 cm³/mol. The van der Waals surface area contributed by atoms with E-state index in [9.17, 15) is 4.39 Å². The van der Waals surface area contributed by atoms with E-state index < -0.39 is 0 Å². The number of rotatable bonds is 3. The number of nitrogens with two attached hydrogens (primary N) is 1. The molecule has 4 heteroatoms. The minimum absolute atomic E-state index is 0.115. The van der Waals surface area contributed by atoms with Gasteiger partial charge < -0.3 is 10.5 Å². The fraction of sp³-hybridized carbons (Fsp3) is 0.125. The molecule has 0 unspecified atom stereocenters. The molecule has 0 spiro atoms. The maximum Gasteiger partial charge on any atom is 0.135 e. The second kappa shape index (κ2) is 6.95. The number of ether oxygens (including phenoxy) is 1. The van der Waals surface area contributed by atoms with Crippen molar-refractivity contribution in [3.8, 4) is 17.6 Å². The van der Waals surface area contributed by atoms with Crippen LogP contribution in [0.4, 0.5) is 4.39 Å². The van der Waals surface area contributed by atoms with Crippen molar-refractivity contribution in [1.82, 2.24) is 0 Å². The van der Waals surface area contributed by atoms with Gasteiger partial charge in [0.2, 0.25) is 0 Å². The summed E-state index contributed by atoms with van der Waals surface area (Å²) in [6, 6.07) is 11.8. The molecule has 0 aliphatic carbocycles. The summed E-state index contributed by atoms with van der Waals surface area (Å²) in [6.07, 6.45) is 0. The van der Waals surface area contributed by atoms with E-state index in [0.29, 0.717) is 16.3 Å². The van der Waals surface area contributed by atoms with Crippen molar-refractivity contribution in [1.29, 1.82) is 0 Å². The Bertz CT molecular complexity index is 661. The number of halogens is 2. The van der Waals surface area contributed by atoms with Crippen LogP contribution in [-0.4, -0.2) is 6.54 Å². The van der Waals surface area contributed by atoms with Gasteiger partial charge in [-0.05, 0) is 24.3 Å². The molecule has 0 atom stereocenters. The zero-order chi connectivity index (χ0) is 14.4. The number of hydrogen-bond donors (Lipinski definition) is 1. The largest absolute Gasteiger partial charge is 0.487 e. The van der Waals surface area contributed by atoms with Crippen LogP contribution in [0.5, 0.6) is 5.75 Å². The van der Waals surface area contributed by atoms with Crippen molar-refractivity contribution >= 4 is 11.6 Å². The topological polar surface area (TPSA) is 35.2 Å². The molecule has 0 aromatic heterocycles. The third-order valence-corrected chi connectivity index (χ3v) is 2.85. The van der Waals surface area contributed by atoms with Gasteiger partial charge in [0, 0.05) is 10.6 Å². The standard InChI is InChI=1S/C16H13ClFNO/c17-14-8-7-13(15(18)10-14)11-20-16-6-2-1-4-12(16)5-3-9-19/h1-2,4,6-8,10H,9,11,19H2. The van der Waals surface area contributed by atoms with Crippen LogP contribution >= 0.6 is 11.6 Å². The van der Waals surface area contributed by atoms with E-state index in [0.717, 1.165) is 5.56 Å². The van der Waals surface area contributed by atoms with Gasteiger partial charge in [-0.2, -0.15) is 0 Å². The number of hydrogen-bond acceptors (Lipinski definition) is 2. The molecule has 0 saturated carbocycles. The molecule has 0 aliphatic rings. The van der Waals surface area contributed by atoms with Gasteiger partial charge in [-0.25, -0.2) is 4.39 Å². The molecule has 2 nitrogen and oxygen atoms in total. The van der Waals surface area contributed by atoms with Gasteiger partial charge in [0.25, 0.3) is 0 Å². The van der Waals surface area contributed by atoms with E-state index in [1.807, 2.05) is 18.2 Å². The van der Waals surface area contributed by atoms with Crippen molar-refractivity contribution < 1.29 is 9.13 Å². The summed E-state index contributed by atoms with van der Waals surface area (Å²) in [5.74, 6) is 5.90. The Hall–Kier alpha value is -2.02. The van der Waals surface area contributed by atoms with E-state index in [4.69, 9.17) is 22.1 Å². The van der Waals surface area contributed by atoms with Gasteiger partial charge in [-0.3, -0.25) is 0 Å². The molecular formula is C16H13ClFNO. The highest BCUT2D eigenvalue weighted by Gasteiger charge is 2.05. The van der Waals surface area contributed by atoms with Crippen LogP contribution in [0.3, 0.4) is 0 Å². The maximum absolute atomic E-state index is 13.6. The molecule has 0 bridgehead atoms. The summed E-state index contributed by atoms with van der Waals surface area (Å²) in [5.41, 5.74) is 6.52. The SMILES string of the molecule is NCC#Cc1ccccc1OCc1ccc(Cl)cc1F. The van der Waals surface area contributed by atoms with Crippen LogP contribution < -0.4 is 10.5 Å². The van der Waals surface area contributed by atoms with Gasteiger partial charge in [0.1, 0.15) is 18.2 Å². The normalized spacial score (nSPS) is 9.75. The van der Waals surface area contributed by atoms with Gasteiger partial charge in [-0.1, -0.05) is 41.6 Å². The van der Waals surface area contributed by atoms with E-state index in [-0.39, 0.29) is 19.0 Å². The lowest BCUT2D eigenvalue weighted by Crippen LogP contribution is -2.00. The average molecular weight is 290 g/mol. The second-order valence-electron chi connectivity index (χ2n) is 4.03. The quantitative estimate of drug-likeness (QED) is 0.879. The summed E-state index contributed by atoms with van der Waals surface area (Å²) in [7, 11) is 0. The summed E-state index contributed by atoms with van der Waals surface area (Å²) in [6.45, 7) is 0.393. The third kappa shape index (κ3) is 3.74. The first-order valence-electron chi connectivity index (χ1n) is 6.05. The first-order chi connectivity index (χ1) is 9.70. The molecular weight excluding hydrogens is 277 g/mol. The zero-order valence-electron chi connectivity index (χ0n) is 10.7. The Balaban J connectivity index is 2.14. The van der Waals surface area contributed by atoms with Crippen LogP contribution in [0.1, 0.15) is 11.1 Å². The van der Waals surface area contributed by atoms with Crippen LogP contribution in [0.2, 0.25) is 5.02 Å². The number of para-hydroxylation sites is 1. The zero-order valence-corrected chi connectivity index (χ0v) is 11.5. The molecule has 0 saturated heterocycles. The van der Waals surface area contributed by atoms with Crippen LogP contribution in [0, 0.1) is 17.7 Å². The Labute approximate surface area is 122 Å². The summed E-state index contributed by atoms with van der Waals surface area (Å²) in [5, 5.41) is 0.362. The predicted octanol–water partition coefficient (Wildman–Crippen LogP) is 3.37. The van der Waals surface area contributed by atoms with Crippen molar-refractivity contribution in [2.75, 3.05) is 6.54 Å². The van der Waals surface area contributed by atoms with Crippen LogP contribution in [0.25, 0.3) is 0 Å². The molecule has 2 aromatic rings. The van der Waals surface area contributed by atoms with Crippen molar-refractivity contribution in [2.24, 2.45) is 5.73 Å². The van der Waals surface area contributed by atoms with E-state index in [2.05, 4.69) is 11.8 Å². The Morgan fingerprint density at radius 1 is 1.20 bits per heavy atom. The monoisotopic (exact) mass is 289 g/mol. The molecule has 0 radical (unpaired) electrons. The maximum atomic E-state index is 13.6. The lowest BCUT2D eigenvalue weighted by Gasteiger charge is -2.09. The molecule has 0 amide bonds. The Morgan fingerprint density at radius 2 is 2.00 bits per heavy atom. The van der Waals surface area contributed by atoms with Crippen molar-refractivity contribution in [3.63, 3.8) is 0 Å². The fourth-order valence-electron chi connectivity index (χ4n) is 1.64. The fourth-order valence-corrected chi connectivity index (χ4v) is 1.80. The summed E-state index contributed by atoms with van der Waals surface area (Å²) in [4.78, 5) is 0. The molecule has 20 heavy (non-hydrogen) atoms. The minimum Gasteiger partial charge on any atom is -0.487 e. The Morgan fingerprint density at radius 3 is 2.75 bits per heavy atom. The smallest absolute Gasteiger partial charge is 0.135 e. The average Bonchev–Trinajstić information content (AvgIpc) is 2.45. The lowest BCUT2D eigenvalue weighted by molar-refractivity contribution is 0.299. The van der Waals surface area contributed by atoms with Crippen LogP contribution in [0.15, 0.2) is 42.5 Å². The van der Waals surface area contributed by atoms with Crippen molar-refractivity contribution in [3.05, 3.63) is 64.4 Å². The highest BCUT2D eigenvalue weighted by atomic mass is 35.5. The molecule has 0 aliphatic heterocycles. The van der Waals surface area contributed by atoms with E-state index in [1.54, 1.807) is 18.2 Å². The molecule has 2 rings (SSSR count). The van der Waals surface area contributed by atoms with Gasteiger partial charge in [-0.15, -0.1) is 0 Å². The minimum atomic E-state index is -0.386. The molecule has 2 aromatic carbocycles. The third-order valence-electron chi connectivity index (χ3n) is 2.61. The van der Waals surface area contributed by atoms with Gasteiger partial charge in [0.15, 0.2) is 0 Å². The van der Waals surface area contributed by atoms with E-state index in [1.165, 1.54) is 6.07 Å². The number of benzene rings is 2. The lowest BCUT2D eigenvalue weighted by atomic mass is 10.2. The van der Waals surface area contributed by atoms with Gasteiger partial charge in [0.05, 0.1) is 12.1 Å². The molecule has 0 heterocycles. The first kappa shape index (κ1) is 14.4. The van der Waals surface area contributed by atoms with Gasteiger partial charge >= 0.3 is 0 Å².